The highest BCUT2D eigenvalue weighted by atomic mass is 35.5. The molecule has 0 unspecified atom stereocenters. The minimum atomic E-state index is 0.752. The predicted molar refractivity (Wildman–Crippen MR) is 66.8 cm³/mol. The maximum atomic E-state index is 6.08. The van der Waals surface area contributed by atoms with E-state index in [0.717, 1.165) is 27.7 Å². The van der Waals surface area contributed by atoms with Crippen LogP contribution in [0.1, 0.15) is 5.56 Å². The van der Waals surface area contributed by atoms with Crippen molar-refractivity contribution >= 4 is 17.4 Å². The molecule has 0 saturated carbocycles. The summed E-state index contributed by atoms with van der Waals surface area (Å²) in [4.78, 5) is 8.29. The number of aryl methyl sites for hydroxylation is 1. The molecule has 0 atom stereocenters. The zero-order valence-electron chi connectivity index (χ0n) is 9.16. The van der Waals surface area contributed by atoms with Crippen LogP contribution in [0.15, 0.2) is 30.6 Å². The number of anilines is 1. The van der Waals surface area contributed by atoms with Crippen LogP contribution in [0, 0.1) is 6.92 Å². The van der Waals surface area contributed by atoms with E-state index in [9.17, 15) is 0 Å². The van der Waals surface area contributed by atoms with Crippen LogP contribution in [0.4, 0.5) is 5.82 Å². The van der Waals surface area contributed by atoms with E-state index >= 15 is 0 Å². The maximum Gasteiger partial charge on any atom is 0.129 e. The molecule has 0 bridgehead atoms. The van der Waals surface area contributed by atoms with Crippen molar-refractivity contribution in [2.75, 3.05) is 12.4 Å². The monoisotopic (exact) mass is 233 g/mol. The number of benzene rings is 1. The Hall–Kier alpha value is -1.61. The molecule has 2 aromatic rings. The van der Waals surface area contributed by atoms with Crippen molar-refractivity contribution in [1.29, 1.82) is 0 Å². The Bertz CT molecular complexity index is 511. The molecule has 0 amide bonds. The molecule has 0 saturated heterocycles. The predicted octanol–water partition coefficient (Wildman–Crippen LogP) is 3.15. The SMILES string of the molecule is CNc1cc(-c2ccc(C)c(Cl)c2)ncn1. The molecule has 1 heterocycles. The number of aromatic nitrogens is 2. The summed E-state index contributed by atoms with van der Waals surface area (Å²) in [5.74, 6) is 0.793. The Morgan fingerprint density at radius 3 is 2.69 bits per heavy atom. The number of nitrogens with zero attached hydrogens (tertiary/aromatic N) is 2. The van der Waals surface area contributed by atoms with E-state index in [2.05, 4.69) is 15.3 Å². The highest BCUT2D eigenvalue weighted by Crippen LogP contribution is 2.24. The average molecular weight is 234 g/mol. The van der Waals surface area contributed by atoms with Gasteiger partial charge in [0.1, 0.15) is 12.1 Å². The zero-order chi connectivity index (χ0) is 11.5. The summed E-state index contributed by atoms with van der Waals surface area (Å²) in [6.07, 6.45) is 1.54. The highest BCUT2D eigenvalue weighted by Gasteiger charge is 2.03. The Morgan fingerprint density at radius 1 is 1.19 bits per heavy atom. The van der Waals surface area contributed by atoms with Gasteiger partial charge in [-0.3, -0.25) is 0 Å². The van der Waals surface area contributed by atoms with Crippen molar-refractivity contribution in [3.63, 3.8) is 0 Å². The average Bonchev–Trinajstić information content (AvgIpc) is 2.33. The van der Waals surface area contributed by atoms with Crippen molar-refractivity contribution in [1.82, 2.24) is 9.97 Å². The maximum absolute atomic E-state index is 6.08. The molecule has 0 aliphatic carbocycles. The lowest BCUT2D eigenvalue weighted by Gasteiger charge is -2.05. The second-order valence-corrected chi connectivity index (χ2v) is 3.91. The van der Waals surface area contributed by atoms with E-state index in [1.165, 1.54) is 6.33 Å². The second kappa shape index (κ2) is 4.49. The molecule has 82 valence electrons. The topological polar surface area (TPSA) is 37.8 Å². The molecule has 0 aliphatic heterocycles. The Balaban J connectivity index is 2.46. The number of halogens is 1. The van der Waals surface area contributed by atoms with Gasteiger partial charge in [0.2, 0.25) is 0 Å². The van der Waals surface area contributed by atoms with E-state index in [4.69, 9.17) is 11.6 Å². The van der Waals surface area contributed by atoms with Crippen LogP contribution >= 0.6 is 11.6 Å². The second-order valence-electron chi connectivity index (χ2n) is 3.50. The quantitative estimate of drug-likeness (QED) is 0.866. The summed E-state index contributed by atoms with van der Waals surface area (Å²) in [5, 5.41) is 3.73. The molecule has 0 aliphatic rings. The van der Waals surface area contributed by atoms with Gasteiger partial charge in [-0.05, 0) is 18.6 Å². The molecule has 1 aromatic heterocycles. The van der Waals surface area contributed by atoms with Crippen LogP contribution in [0.3, 0.4) is 0 Å². The number of rotatable bonds is 2. The molecule has 0 fully saturated rings. The van der Waals surface area contributed by atoms with Gasteiger partial charge in [-0.1, -0.05) is 23.7 Å². The number of hydrogen-bond donors (Lipinski definition) is 1. The summed E-state index contributed by atoms with van der Waals surface area (Å²) >= 11 is 6.08. The molecule has 16 heavy (non-hydrogen) atoms. The van der Waals surface area contributed by atoms with Crippen LogP contribution < -0.4 is 5.32 Å². The van der Waals surface area contributed by atoms with Crippen LogP contribution in [-0.4, -0.2) is 17.0 Å². The van der Waals surface area contributed by atoms with Gasteiger partial charge in [-0.2, -0.15) is 0 Å². The lowest BCUT2D eigenvalue weighted by molar-refractivity contribution is 1.16. The number of nitrogens with one attached hydrogen (secondary N) is 1. The van der Waals surface area contributed by atoms with E-state index in [1.807, 2.05) is 38.2 Å². The molecule has 1 N–H and O–H groups in total. The van der Waals surface area contributed by atoms with Gasteiger partial charge in [0.05, 0.1) is 5.69 Å². The first-order chi connectivity index (χ1) is 7.70. The molecule has 0 radical (unpaired) electrons. The lowest BCUT2D eigenvalue weighted by atomic mass is 10.1. The summed E-state index contributed by atoms with van der Waals surface area (Å²) < 4.78 is 0. The fourth-order valence-corrected chi connectivity index (χ4v) is 1.58. The Morgan fingerprint density at radius 2 is 2.00 bits per heavy atom. The van der Waals surface area contributed by atoms with Gasteiger partial charge < -0.3 is 5.32 Å². The van der Waals surface area contributed by atoms with Gasteiger partial charge >= 0.3 is 0 Å². The molecular weight excluding hydrogens is 222 g/mol. The van der Waals surface area contributed by atoms with E-state index in [0.29, 0.717) is 0 Å². The van der Waals surface area contributed by atoms with Gasteiger partial charge in [0, 0.05) is 23.7 Å². The van der Waals surface area contributed by atoms with Crippen LogP contribution in [0.25, 0.3) is 11.3 Å². The highest BCUT2D eigenvalue weighted by molar-refractivity contribution is 6.31. The van der Waals surface area contributed by atoms with Gasteiger partial charge in [0.15, 0.2) is 0 Å². The Labute approximate surface area is 99.5 Å². The molecule has 2 rings (SSSR count). The smallest absolute Gasteiger partial charge is 0.129 e. The van der Waals surface area contributed by atoms with Crippen molar-refractivity contribution in [2.45, 2.75) is 6.92 Å². The summed E-state index contributed by atoms with van der Waals surface area (Å²) in [6.45, 7) is 1.98. The molecule has 3 nitrogen and oxygen atoms in total. The fourth-order valence-electron chi connectivity index (χ4n) is 1.40. The Kier molecular flexibility index (Phi) is 3.06. The van der Waals surface area contributed by atoms with Crippen molar-refractivity contribution in [3.8, 4) is 11.3 Å². The van der Waals surface area contributed by atoms with E-state index in [-0.39, 0.29) is 0 Å². The van der Waals surface area contributed by atoms with Crippen molar-refractivity contribution in [2.24, 2.45) is 0 Å². The normalized spacial score (nSPS) is 10.2. The van der Waals surface area contributed by atoms with Crippen LogP contribution in [-0.2, 0) is 0 Å². The van der Waals surface area contributed by atoms with Gasteiger partial charge in [-0.15, -0.1) is 0 Å². The van der Waals surface area contributed by atoms with Crippen molar-refractivity contribution in [3.05, 3.63) is 41.2 Å². The fraction of sp³-hybridized carbons (Fsp3) is 0.167. The number of hydrogen-bond acceptors (Lipinski definition) is 3. The third-order valence-electron chi connectivity index (χ3n) is 2.39. The van der Waals surface area contributed by atoms with E-state index in [1.54, 1.807) is 0 Å². The summed E-state index contributed by atoms with van der Waals surface area (Å²) in [6, 6.07) is 7.79. The third kappa shape index (κ3) is 2.14. The zero-order valence-corrected chi connectivity index (χ0v) is 9.92. The van der Waals surface area contributed by atoms with Crippen LogP contribution in [0.5, 0.6) is 0 Å². The first-order valence-corrected chi connectivity index (χ1v) is 5.35. The van der Waals surface area contributed by atoms with Crippen LogP contribution in [0.2, 0.25) is 5.02 Å². The minimum absolute atomic E-state index is 0.752. The summed E-state index contributed by atoms with van der Waals surface area (Å²) in [7, 11) is 1.83. The minimum Gasteiger partial charge on any atom is -0.373 e. The molecule has 4 heteroatoms. The standard InChI is InChI=1S/C12H12ClN3/c1-8-3-4-9(5-10(8)13)11-6-12(14-2)16-7-15-11/h3-7H,1-2H3,(H,14,15,16). The molecule has 0 spiro atoms. The third-order valence-corrected chi connectivity index (χ3v) is 2.80. The largest absolute Gasteiger partial charge is 0.373 e. The summed E-state index contributed by atoms with van der Waals surface area (Å²) in [5.41, 5.74) is 2.92. The molecular formula is C12H12ClN3. The van der Waals surface area contributed by atoms with E-state index < -0.39 is 0 Å². The first-order valence-electron chi connectivity index (χ1n) is 4.97. The van der Waals surface area contributed by atoms with Gasteiger partial charge in [-0.25, -0.2) is 9.97 Å². The first kappa shape index (κ1) is 10.9. The van der Waals surface area contributed by atoms with Gasteiger partial charge in [0.25, 0.3) is 0 Å². The molecule has 1 aromatic carbocycles. The lowest BCUT2D eigenvalue weighted by Crippen LogP contribution is -1.94. The van der Waals surface area contributed by atoms with Crippen molar-refractivity contribution < 1.29 is 0 Å².